The normalized spacial score (nSPS) is 18.8. The van der Waals surface area contributed by atoms with Gasteiger partial charge in [-0.15, -0.1) is 0 Å². The van der Waals surface area contributed by atoms with E-state index in [2.05, 4.69) is 5.32 Å². The van der Waals surface area contributed by atoms with Gasteiger partial charge in [-0.1, -0.05) is 30.3 Å². The molecule has 0 saturated carbocycles. The smallest absolute Gasteiger partial charge is 0.325 e. The summed E-state index contributed by atoms with van der Waals surface area (Å²) in [5.74, 6) is -1.59. The summed E-state index contributed by atoms with van der Waals surface area (Å²) in [6.45, 7) is 1.94. The summed E-state index contributed by atoms with van der Waals surface area (Å²) in [5, 5.41) is 11.3. The minimum atomic E-state index is -1.09. The minimum absolute atomic E-state index is 0.105. The average Bonchev–Trinajstić information content (AvgIpc) is 2.97. The fourth-order valence-electron chi connectivity index (χ4n) is 2.58. The van der Waals surface area contributed by atoms with Gasteiger partial charge in [0.1, 0.15) is 12.1 Å². The van der Waals surface area contributed by atoms with Gasteiger partial charge in [0.25, 0.3) is 0 Å². The van der Waals surface area contributed by atoms with Crippen LogP contribution in [0.3, 0.4) is 0 Å². The lowest BCUT2D eigenvalue weighted by atomic mass is 10.1. The van der Waals surface area contributed by atoms with Gasteiger partial charge in [-0.2, -0.15) is 0 Å². The number of benzene rings is 1. The first-order valence-electron chi connectivity index (χ1n) is 7.35. The molecule has 1 aliphatic heterocycles. The van der Waals surface area contributed by atoms with E-state index < -0.39 is 24.0 Å². The van der Waals surface area contributed by atoms with Crippen LogP contribution in [0.5, 0.6) is 0 Å². The molecule has 22 heavy (non-hydrogen) atoms. The number of nitrogens with one attached hydrogen (secondary N) is 1. The number of carboxylic acids is 1. The topological polar surface area (TPSA) is 86.7 Å². The molecule has 6 nitrogen and oxygen atoms in total. The molecule has 1 fully saturated rings. The summed E-state index contributed by atoms with van der Waals surface area (Å²) >= 11 is 0. The number of aliphatic carboxylic acids is 1. The third-order valence-corrected chi connectivity index (χ3v) is 3.80. The van der Waals surface area contributed by atoms with E-state index in [1.807, 2.05) is 30.3 Å². The SMILES string of the molecule is C[C@H](NC(=O)C1CCCN1C(=O)Cc1ccccc1)C(=O)O. The first-order valence-corrected chi connectivity index (χ1v) is 7.35. The van der Waals surface area contributed by atoms with Crippen LogP contribution in [0.25, 0.3) is 0 Å². The Morgan fingerprint density at radius 2 is 2.00 bits per heavy atom. The minimum Gasteiger partial charge on any atom is -0.480 e. The van der Waals surface area contributed by atoms with Crippen molar-refractivity contribution in [1.29, 1.82) is 0 Å². The Kier molecular flexibility index (Phi) is 5.14. The van der Waals surface area contributed by atoms with Gasteiger partial charge in [-0.3, -0.25) is 14.4 Å². The highest BCUT2D eigenvalue weighted by Crippen LogP contribution is 2.19. The largest absolute Gasteiger partial charge is 0.480 e. The van der Waals surface area contributed by atoms with E-state index in [0.29, 0.717) is 13.0 Å². The monoisotopic (exact) mass is 304 g/mol. The fourth-order valence-corrected chi connectivity index (χ4v) is 2.58. The van der Waals surface area contributed by atoms with Crippen molar-refractivity contribution in [3.05, 3.63) is 35.9 Å². The number of amides is 2. The number of carbonyl (C=O) groups excluding carboxylic acids is 2. The summed E-state index contributed by atoms with van der Waals surface area (Å²) in [6.07, 6.45) is 1.57. The van der Waals surface area contributed by atoms with Gasteiger partial charge < -0.3 is 15.3 Å². The summed E-state index contributed by atoms with van der Waals surface area (Å²) in [4.78, 5) is 36.9. The molecule has 2 amide bonds. The number of nitrogens with zero attached hydrogens (tertiary/aromatic N) is 1. The molecule has 2 N–H and O–H groups in total. The van der Waals surface area contributed by atoms with Gasteiger partial charge in [0.2, 0.25) is 11.8 Å². The van der Waals surface area contributed by atoms with Gasteiger partial charge in [0.15, 0.2) is 0 Å². The Morgan fingerprint density at radius 3 is 2.64 bits per heavy atom. The van der Waals surface area contributed by atoms with Gasteiger partial charge in [-0.05, 0) is 25.3 Å². The van der Waals surface area contributed by atoms with E-state index in [-0.39, 0.29) is 12.3 Å². The van der Waals surface area contributed by atoms with Gasteiger partial charge in [0, 0.05) is 6.54 Å². The molecule has 1 heterocycles. The van der Waals surface area contributed by atoms with Crippen LogP contribution < -0.4 is 5.32 Å². The molecule has 1 aromatic rings. The van der Waals surface area contributed by atoms with Gasteiger partial charge in [0.05, 0.1) is 6.42 Å². The molecule has 6 heteroatoms. The van der Waals surface area contributed by atoms with Crippen molar-refractivity contribution in [3.8, 4) is 0 Å². The molecule has 1 aromatic carbocycles. The van der Waals surface area contributed by atoms with E-state index in [1.54, 1.807) is 4.90 Å². The molecule has 0 bridgehead atoms. The van der Waals surface area contributed by atoms with Crippen molar-refractivity contribution in [1.82, 2.24) is 10.2 Å². The van der Waals surface area contributed by atoms with E-state index in [9.17, 15) is 14.4 Å². The third-order valence-electron chi connectivity index (χ3n) is 3.80. The molecule has 0 spiro atoms. The third kappa shape index (κ3) is 3.84. The number of carbonyl (C=O) groups is 3. The lowest BCUT2D eigenvalue weighted by Gasteiger charge is -2.25. The van der Waals surface area contributed by atoms with E-state index in [4.69, 9.17) is 5.11 Å². The van der Waals surface area contributed by atoms with Crippen LogP contribution in [0.15, 0.2) is 30.3 Å². The zero-order valence-corrected chi connectivity index (χ0v) is 12.5. The highest BCUT2D eigenvalue weighted by Gasteiger charge is 2.34. The van der Waals surface area contributed by atoms with Crippen LogP contribution in [-0.4, -0.2) is 46.4 Å². The van der Waals surface area contributed by atoms with Crippen molar-refractivity contribution in [3.63, 3.8) is 0 Å². The number of carboxylic acid groups (broad SMARTS) is 1. The molecule has 0 aromatic heterocycles. The summed E-state index contributed by atoms with van der Waals surface area (Å²) in [5.41, 5.74) is 0.900. The Bertz CT molecular complexity index is 559. The number of hydrogen-bond acceptors (Lipinski definition) is 3. The van der Waals surface area contributed by atoms with Gasteiger partial charge >= 0.3 is 5.97 Å². The van der Waals surface area contributed by atoms with Crippen molar-refractivity contribution in [2.75, 3.05) is 6.54 Å². The van der Waals surface area contributed by atoms with Crippen LogP contribution in [0.4, 0.5) is 0 Å². The highest BCUT2D eigenvalue weighted by molar-refractivity contribution is 5.91. The van der Waals surface area contributed by atoms with E-state index >= 15 is 0 Å². The lowest BCUT2D eigenvalue weighted by Crippen LogP contribution is -2.50. The predicted molar refractivity (Wildman–Crippen MR) is 80.1 cm³/mol. The molecule has 2 rings (SSSR count). The molecule has 0 radical (unpaired) electrons. The van der Waals surface area contributed by atoms with Crippen LogP contribution >= 0.6 is 0 Å². The molecule has 1 saturated heterocycles. The number of rotatable bonds is 5. The average molecular weight is 304 g/mol. The Hall–Kier alpha value is -2.37. The Balaban J connectivity index is 1.99. The van der Waals surface area contributed by atoms with Crippen molar-refractivity contribution in [2.24, 2.45) is 0 Å². The van der Waals surface area contributed by atoms with Crippen molar-refractivity contribution in [2.45, 2.75) is 38.3 Å². The van der Waals surface area contributed by atoms with Crippen molar-refractivity contribution >= 4 is 17.8 Å². The molecule has 1 aliphatic rings. The maximum absolute atomic E-state index is 12.4. The van der Waals surface area contributed by atoms with Crippen LogP contribution in [0, 0.1) is 0 Å². The number of hydrogen-bond donors (Lipinski definition) is 2. The quantitative estimate of drug-likeness (QED) is 0.843. The van der Waals surface area contributed by atoms with Crippen molar-refractivity contribution < 1.29 is 19.5 Å². The first-order chi connectivity index (χ1) is 10.5. The molecule has 1 unspecified atom stereocenters. The maximum atomic E-state index is 12.4. The second-order valence-corrected chi connectivity index (χ2v) is 5.48. The zero-order chi connectivity index (χ0) is 16.1. The predicted octanol–water partition coefficient (Wildman–Crippen LogP) is 0.809. The molecular weight excluding hydrogens is 284 g/mol. The standard InChI is InChI=1S/C16H20N2O4/c1-11(16(21)22)17-15(20)13-8-5-9-18(13)14(19)10-12-6-3-2-4-7-12/h2-4,6-7,11,13H,5,8-10H2,1H3,(H,17,20)(H,21,22)/t11-,13?/m0/s1. The second-order valence-electron chi connectivity index (χ2n) is 5.48. The summed E-state index contributed by atoms with van der Waals surface area (Å²) in [6, 6.07) is 7.83. The molecule has 2 atom stereocenters. The van der Waals surface area contributed by atoms with Crippen LogP contribution in [0.2, 0.25) is 0 Å². The van der Waals surface area contributed by atoms with Crippen LogP contribution in [0.1, 0.15) is 25.3 Å². The van der Waals surface area contributed by atoms with Crippen LogP contribution in [-0.2, 0) is 20.8 Å². The zero-order valence-electron chi connectivity index (χ0n) is 12.5. The molecular formula is C16H20N2O4. The number of likely N-dealkylation sites (tertiary alicyclic amines) is 1. The fraction of sp³-hybridized carbons (Fsp3) is 0.438. The Labute approximate surface area is 129 Å². The summed E-state index contributed by atoms with van der Waals surface area (Å²) in [7, 11) is 0. The highest BCUT2D eigenvalue weighted by atomic mass is 16.4. The van der Waals surface area contributed by atoms with E-state index in [0.717, 1.165) is 12.0 Å². The molecule has 0 aliphatic carbocycles. The maximum Gasteiger partial charge on any atom is 0.325 e. The second kappa shape index (κ2) is 7.06. The summed E-state index contributed by atoms with van der Waals surface area (Å²) < 4.78 is 0. The van der Waals surface area contributed by atoms with Gasteiger partial charge in [-0.25, -0.2) is 0 Å². The lowest BCUT2D eigenvalue weighted by molar-refractivity contribution is -0.143. The molecule has 118 valence electrons. The first kappa shape index (κ1) is 16.0. The Morgan fingerprint density at radius 1 is 1.32 bits per heavy atom. The van der Waals surface area contributed by atoms with E-state index in [1.165, 1.54) is 6.92 Å².